The third-order valence-corrected chi connectivity index (χ3v) is 4.13. The van der Waals surface area contributed by atoms with Crippen molar-refractivity contribution in [2.24, 2.45) is 0 Å². The lowest BCUT2D eigenvalue weighted by molar-refractivity contribution is 0.111. The highest BCUT2D eigenvalue weighted by molar-refractivity contribution is 7.10. The van der Waals surface area contributed by atoms with Crippen LogP contribution in [0.3, 0.4) is 0 Å². The second-order valence-electron chi connectivity index (χ2n) is 4.43. The van der Waals surface area contributed by atoms with E-state index in [-0.39, 0.29) is 6.61 Å². The van der Waals surface area contributed by atoms with Crippen LogP contribution >= 0.6 is 11.5 Å². The van der Waals surface area contributed by atoms with Gasteiger partial charge in [0.2, 0.25) is 0 Å². The van der Waals surface area contributed by atoms with E-state index in [9.17, 15) is 0 Å². The van der Waals surface area contributed by atoms with Crippen molar-refractivity contribution in [1.82, 2.24) is 14.5 Å². The van der Waals surface area contributed by atoms with E-state index in [1.807, 2.05) is 7.05 Å². The van der Waals surface area contributed by atoms with E-state index >= 15 is 0 Å². The Morgan fingerprint density at radius 3 is 3.18 bits per heavy atom. The van der Waals surface area contributed by atoms with Crippen molar-refractivity contribution in [3.8, 4) is 0 Å². The van der Waals surface area contributed by atoms with Gasteiger partial charge in [-0.05, 0) is 25.8 Å². The Labute approximate surface area is 106 Å². The van der Waals surface area contributed by atoms with Crippen molar-refractivity contribution in [3.63, 3.8) is 0 Å². The van der Waals surface area contributed by atoms with Gasteiger partial charge in [-0.2, -0.15) is 0 Å². The second-order valence-corrected chi connectivity index (χ2v) is 5.19. The van der Waals surface area contributed by atoms with Crippen LogP contribution in [0.2, 0.25) is 0 Å². The number of aliphatic hydroxyl groups excluding tert-OH is 1. The van der Waals surface area contributed by atoms with Gasteiger partial charge in [-0.1, -0.05) is 10.9 Å². The van der Waals surface area contributed by atoms with Crippen LogP contribution < -0.4 is 5.32 Å². The first-order valence-corrected chi connectivity index (χ1v) is 6.96. The molecule has 6 heteroatoms. The smallest absolute Gasteiger partial charge is 0.134 e. The molecule has 1 aliphatic heterocycles. The molecule has 1 atom stereocenters. The molecule has 1 aromatic heterocycles. The molecule has 0 amide bonds. The van der Waals surface area contributed by atoms with Crippen molar-refractivity contribution < 1.29 is 5.11 Å². The third-order valence-electron chi connectivity index (χ3n) is 3.35. The number of nitrogens with zero attached hydrogens (tertiary/aromatic N) is 3. The zero-order valence-electron chi connectivity index (χ0n) is 10.2. The molecule has 2 heterocycles. The molecule has 1 aromatic rings. The molecule has 5 nitrogen and oxygen atoms in total. The zero-order chi connectivity index (χ0) is 12.1. The van der Waals surface area contributed by atoms with Gasteiger partial charge in [0.05, 0.1) is 0 Å². The molecule has 1 saturated heterocycles. The molecule has 96 valence electrons. The Kier molecular flexibility index (Phi) is 4.70. The highest BCUT2D eigenvalue weighted by Crippen LogP contribution is 2.24. The summed E-state index contributed by atoms with van der Waals surface area (Å²) in [6, 6.07) is 0.500. The van der Waals surface area contributed by atoms with Gasteiger partial charge in [-0.3, -0.25) is 4.90 Å². The number of nitrogens with one attached hydrogen (secondary N) is 1. The second kappa shape index (κ2) is 6.28. The van der Waals surface area contributed by atoms with Gasteiger partial charge in [0, 0.05) is 37.8 Å². The first-order valence-electron chi connectivity index (χ1n) is 6.19. The quantitative estimate of drug-likeness (QED) is 0.832. The maximum Gasteiger partial charge on any atom is 0.134 e. The predicted octanol–water partition coefficient (Wildman–Crippen LogP) is 1.32. The molecule has 0 spiro atoms. The fourth-order valence-electron chi connectivity index (χ4n) is 2.44. The molecule has 1 aliphatic rings. The Balaban J connectivity index is 2.00. The van der Waals surface area contributed by atoms with E-state index in [0.717, 1.165) is 30.2 Å². The number of aromatic nitrogens is 2. The largest absolute Gasteiger partial charge is 0.396 e. The highest BCUT2D eigenvalue weighted by Gasteiger charge is 2.23. The Morgan fingerprint density at radius 2 is 2.41 bits per heavy atom. The number of likely N-dealkylation sites (tertiary alicyclic amines) is 1. The summed E-state index contributed by atoms with van der Waals surface area (Å²) in [4.78, 5) is 2.43. The van der Waals surface area contributed by atoms with Crippen LogP contribution in [-0.4, -0.2) is 45.8 Å². The number of anilines is 1. The van der Waals surface area contributed by atoms with Crippen LogP contribution in [0.4, 0.5) is 5.00 Å². The summed E-state index contributed by atoms with van der Waals surface area (Å²) in [6.45, 7) is 2.22. The molecule has 17 heavy (non-hydrogen) atoms. The fraction of sp³-hybridized carbons (Fsp3) is 0.818. The molecule has 2 rings (SSSR count). The van der Waals surface area contributed by atoms with E-state index < -0.39 is 0 Å². The summed E-state index contributed by atoms with van der Waals surface area (Å²) in [7, 11) is 1.90. The van der Waals surface area contributed by atoms with E-state index in [2.05, 4.69) is 19.8 Å². The van der Waals surface area contributed by atoms with Gasteiger partial charge in [0.25, 0.3) is 0 Å². The van der Waals surface area contributed by atoms with Crippen molar-refractivity contribution in [2.45, 2.75) is 38.3 Å². The summed E-state index contributed by atoms with van der Waals surface area (Å²) in [5, 5.41) is 17.5. The van der Waals surface area contributed by atoms with Gasteiger partial charge in [0.15, 0.2) is 0 Å². The lowest BCUT2D eigenvalue weighted by Crippen LogP contribution is -2.39. The zero-order valence-corrected chi connectivity index (χ0v) is 11.0. The molecule has 0 saturated carbocycles. The maximum atomic E-state index is 9.10. The van der Waals surface area contributed by atoms with E-state index in [4.69, 9.17) is 5.11 Å². The number of aliphatic hydroxyl groups is 1. The van der Waals surface area contributed by atoms with Crippen LogP contribution in [0.1, 0.15) is 31.4 Å². The minimum absolute atomic E-state index is 0.273. The van der Waals surface area contributed by atoms with Gasteiger partial charge in [0.1, 0.15) is 10.7 Å². The average Bonchev–Trinajstić information content (AvgIpc) is 2.79. The molecular weight excluding hydrogens is 236 g/mol. The molecule has 2 N–H and O–H groups in total. The summed E-state index contributed by atoms with van der Waals surface area (Å²) >= 11 is 1.40. The van der Waals surface area contributed by atoms with Crippen LogP contribution in [0.5, 0.6) is 0 Å². The molecule has 1 unspecified atom stereocenters. The molecule has 1 fully saturated rings. The third kappa shape index (κ3) is 3.14. The minimum atomic E-state index is 0.273. The average molecular weight is 256 g/mol. The summed E-state index contributed by atoms with van der Waals surface area (Å²) in [5.41, 5.74) is 1.03. The molecule has 0 aromatic carbocycles. The van der Waals surface area contributed by atoms with Gasteiger partial charge in [-0.25, -0.2) is 0 Å². The number of rotatable bonds is 5. The highest BCUT2D eigenvalue weighted by atomic mass is 32.1. The van der Waals surface area contributed by atoms with Gasteiger partial charge in [-0.15, -0.1) is 5.10 Å². The van der Waals surface area contributed by atoms with Gasteiger partial charge >= 0.3 is 0 Å². The normalized spacial score (nSPS) is 21.6. The molecule has 0 aliphatic carbocycles. The fourth-order valence-corrected chi connectivity index (χ4v) is 2.96. The Morgan fingerprint density at radius 1 is 1.53 bits per heavy atom. The first kappa shape index (κ1) is 12.7. The van der Waals surface area contributed by atoms with Crippen LogP contribution in [0, 0.1) is 0 Å². The SMILES string of the molecule is CNc1snnc1CN1CCCCC1CCO. The Bertz CT molecular complexity index is 342. The van der Waals surface area contributed by atoms with Crippen molar-refractivity contribution in [2.75, 3.05) is 25.5 Å². The van der Waals surface area contributed by atoms with Crippen LogP contribution in [0.15, 0.2) is 0 Å². The lowest BCUT2D eigenvalue weighted by Gasteiger charge is -2.35. The monoisotopic (exact) mass is 256 g/mol. The number of hydrogen-bond acceptors (Lipinski definition) is 6. The van der Waals surface area contributed by atoms with Crippen LogP contribution in [-0.2, 0) is 6.54 Å². The topological polar surface area (TPSA) is 61.3 Å². The summed E-state index contributed by atoms with van der Waals surface area (Å²) < 4.78 is 3.98. The molecule has 0 radical (unpaired) electrons. The lowest BCUT2D eigenvalue weighted by atomic mass is 9.99. The maximum absolute atomic E-state index is 9.10. The standard InChI is InChI=1S/C11H20N4OS/c1-12-11-10(13-14-17-11)8-15-6-3-2-4-9(15)5-7-16/h9,12,16H,2-8H2,1H3. The predicted molar refractivity (Wildman–Crippen MR) is 69.2 cm³/mol. The van der Waals surface area contributed by atoms with E-state index in [0.29, 0.717) is 6.04 Å². The number of hydrogen-bond donors (Lipinski definition) is 2. The first-order chi connectivity index (χ1) is 8.35. The Hall–Kier alpha value is -0.720. The summed E-state index contributed by atoms with van der Waals surface area (Å²) in [6.07, 6.45) is 4.57. The van der Waals surface area contributed by atoms with E-state index in [1.165, 1.54) is 30.8 Å². The number of piperidine rings is 1. The van der Waals surface area contributed by atoms with Crippen molar-refractivity contribution in [1.29, 1.82) is 0 Å². The molecular formula is C11H20N4OS. The van der Waals surface area contributed by atoms with Crippen molar-refractivity contribution >= 4 is 16.5 Å². The van der Waals surface area contributed by atoms with Crippen molar-refractivity contribution in [3.05, 3.63) is 5.69 Å². The minimum Gasteiger partial charge on any atom is -0.396 e. The van der Waals surface area contributed by atoms with Gasteiger partial charge < -0.3 is 10.4 Å². The van der Waals surface area contributed by atoms with Crippen LogP contribution in [0.25, 0.3) is 0 Å². The van der Waals surface area contributed by atoms with E-state index in [1.54, 1.807) is 0 Å². The molecule has 0 bridgehead atoms. The summed E-state index contributed by atoms with van der Waals surface area (Å²) in [5.74, 6) is 0.